The molecule has 5 fully saturated rings. The van der Waals surface area contributed by atoms with Gasteiger partial charge in [-0.2, -0.15) is 0 Å². The number of nitrogens with one attached hydrogen (secondary N) is 3. The Morgan fingerprint density at radius 2 is 1.71 bits per heavy atom. The molecule has 14 nitrogen and oxygen atoms in total. The van der Waals surface area contributed by atoms with Gasteiger partial charge in [-0.3, -0.25) is 19.1 Å². The zero-order valence-corrected chi connectivity index (χ0v) is 32.5. The first kappa shape index (κ1) is 37.6. The Morgan fingerprint density at radius 3 is 2.40 bits per heavy atom. The molecule has 4 saturated carbocycles. The van der Waals surface area contributed by atoms with Crippen molar-refractivity contribution in [1.29, 1.82) is 0 Å². The summed E-state index contributed by atoms with van der Waals surface area (Å²) >= 11 is 0. The summed E-state index contributed by atoms with van der Waals surface area (Å²) in [6.45, 7) is 7.36. The van der Waals surface area contributed by atoms with Gasteiger partial charge in [0.2, 0.25) is 27.7 Å². The monoisotopic (exact) mass is 776 g/mol. The maximum atomic E-state index is 14.8. The zero-order chi connectivity index (χ0) is 38.8. The average Bonchev–Trinajstić information content (AvgIpc) is 4.06. The predicted octanol–water partition coefficient (Wildman–Crippen LogP) is 4.22. The van der Waals surface area contributed by atoms with Crippen molar-refractivity contribution in [1.82, 2.24) is 30.2 Å². The normalized spacial score (nSPS) is 33.4. The van der Waals surface area contributed by atoms with Gasteiger partial charge in [-0.1, -0.05) is 43.9 Å². The van der Waals surface area contributed by atoms with E-state index in [0.717, 1.165) is 63.3 Å². The van der Waals surface area contributed by atoms with Crippen LogP contribution in [0.15, 0.2) is 36.9 Å². The molecule has 55 heavy (non-hydrogen) atoms. The number of para-hydroxylation sites is 2. The predicted molar refractivity (Wildman–Crippen MR) is 202 cm³/mol. The average molecular weight is 777 g/mol. The third kappa shape index (κ3) is 7.28. The summed E-state index contributed by atoms with van der Waals surface area (Å²) in [4.78, 5) is 67.7. The molecule has 8 rings (SSSR count). The molecule has 3 N–H and O–H groups in total. The van der Waals surface area contributed by atoms with E-state index < -0.39 is 73.8 Å². The number of benzene rings is 1. The Bertz CT molecular complexity index is 2020. The maximum Gasteiger partial charge on any atom is 0.408 e. The minimum Gasteiger partial charge on any atom is -0.471 e. The Hall–Kier alpha value is -4.27. The van der Waals surface area contributed by atoms with Crippen molar-refractivity contribution in [3.8, 4) is 5.88 Å². The molecule has 7 atom stereocenters. The number of ether oxygens (including phenoxy) is 2. The summed E-state index contributed by atoms with van der Waals surface area (Å²) in [7, 11) is -3.98. The van der Waals surface area contributed by atoms with Crippen LogP contribution < -0.4 is 20.1 Å². The van der Waals surface area contributed by atoms with Crippen molar-refractivity contribution in [3.63, 3.8) is 0 Å². The molecule has 6 aliphatic rings. The molecule has 3 heterocycles. The summed E-state index contributed by atoms with van der Waals surface area (Å²) in [6.07, 6.45) is 9.67. The van der Waals surface area contributed by atoms with E-state index in [9.17, 15) is 27.6 Å². The summed E-state index contributed by atoms with van der Waals surface area (Å²) in [5, 5.41) is 5.78. The van der Waals surface area contributed by atoms with E-state index >= 15 is 0 Å². The molecule has 1 aromatic carbocycles. The second-order valence-corrected chi connectivity index (χ2v) is 19.4. The molecule has 0 spiro atoms. The second kappa shape index (κ2) is 14.0. The molecule has 1 saturated heterocycles. The van der Waals surface area contributed by atoms with Gasteiger partial charge >= 0.3 is 6.09 Å². The van der Waals surface area contributed by atoms with Crippen molar-refractivity contribution in [2.45, 2.75) is 138 Å². The third-order valence-electron chi connectivity index (χ3n) is 13.2. The highest BCUT2D eigenvalue weighted by Gasteiger charge is 2.63. The highest BCUT2D eigenvalue weighted by molar-refractivity contribution is 7.91. The van der Waals surface area contributed by atoms with Gasteiger partial charge in [0.05, 0.1) is 22.3 Å². The van der Waals surface area contributed by atoms with E-state index in [2.05, 4.69) is 21.9 Å². The topological polar surface area (TPSA) is 186 Å². The van der Waals surface area contributed by atoms with Crippen LogP contribution in [-0.4, -0.2) is 87.7 Å². The number of rotatable bonds is 7. The molecular formula is C40H52N6O8S. The molecule has 0 unspecified atom stereocenters. The highest BCUT2D eigenvalue weighted by atomic mass is 32.2. The van der Waals surface area contributed by atoms with Crippen LogP contribution in [0.4, 0.5) is 4.79 Å². The number of aryl methyl sites for hydroxylation is 1. The lowest BCUT2D eigenvalue weighted by Crippen LogP contribution is -2.59. The van der Waals surface area contributed by atoms with Gasteiger partial charge in [0.25, 0.3) is 5.91 Å². The van der Waals surface area contributed by atoms with Gasteiger partial charge in [0.1, 0.15) is 35.0 Å². The number of nitrogens with zero attached hydrogens (tertiary/aromatic N) is 3. The molecule has 15 heteroatoms. The van der Waals surface area contributed by atoms with Crippen LogP contribution in [-0.2, 0) is 35.6 Å². The van der Waals surface area contributed by atoms with Crippen molar-refractivity contribution in [3.05, 3.63) is 42.6 Å². The van der Waals surface area contributed by atoms with E-state index in [1.54, 1.807) is 6.92 Å². The number of sulfonamides is 1. The maximum absolute atomic E-state index is 14.8. The molecule has 0 radical (unpaired) electrons. The summed E-state index contributed by atoms with van der Waals surface area (Å²) in [5.74, 6) is -1.96. The molecule has 296 valence electrons. The lowest BCUT2D eigenvalue weighted by atomic mass is 9.96. The summed E-state index contributed by atoms with van der Waals surface area (Å²) in [5.41, 5.74) is -0.0362. The standard InChI is InChI=1S/C40H52N6O8S/c1-4-25-22-40(25,36(49)45-55(51,52)38(2)18-19-38)44-33(47)31-20-27-23-46(31)35(48)32(24-12-8-9-13-24)43-37(50)54-39(3)21-26(39)14-6-5-7-17-30-34(53-27)42-29-16-11-10-15-28(29)41-30/h4,10-11,15-16,24-27,31-32H,1,5-9,12-14,17-23H2,2-3H3,(H,43,50)(H,44,47)(H,45,49)/t25-,26-,27-,31+,32+,39-,40-/m1/s1. The smallest absolute Gasteiger partial charge is 0.408 e. The van der Waals surface area contributed by atoms with Gasteiger partial charge in [-0.25, -0.2) is 23.2 Å². The van der Waals surface area contributed by atoms with Crippen molar-refractivity contribution in [2.24, 2.45) is 17.8 Å². The largest absolute Gasteiger partial charge is 0.471 e. The number of alkyl carbamates (subject to hydrolysis) is 1. The SMILES string of the molecule is C=C[C@@H]1C[C@]1(NC(=O)[C@@H]1C[C@@H]2CN1C(=O)[C@H](C1CCCC1)NC(=O)O[C@]1(C)C[C@H]1CCCCCc1nc3ccccc3nc1O2)C(=O)NS(=O)(=O)C1(C)CC1. The molecule has 4 amide bonds. The van der Waals surface area contributed by atoms with E-state index in [0.29, 0.717) is 36.4 Å². The van der Waals surface area contributed by atoms with Crippen molar-refractivity contribution in [2.75, 3.05) is 6.54 Å². The van der Waals surface area contributed by atoms with Gasteiger partial charge < -0.3 is 25.0 Å². The highest BCUT2D eigenvalue weighted by Crippen LogP contribution is 2.50. The van der Waals surface area contributed by atoms with E-state index in [-0.39, 0.29) is 31.2 Å². The van der Waals surface area contributed by atoms with Gasteiger partial charge in [-0.15, -0.1) is 6.58 Å². The van der Waals surface area contributed by atoms with E-state index in [4.69, 9.17) is 19.4 Å². The first-order valence-electron chi connectivity index (χ1n) is 20.0. The van der Waals surface area contributed by atoms with E-state index in [1.165, 1.54) is 11.0 Å². The van der Waals surface area contributed by atoms with Crippen LogP contribution in [0.5, 0.6) is 5.88 Å². The van der Waals surface area contributed by atoms with E-state index in [1.807, 2.05) is 31.2 Å². The van der Waals surface area contributed by atoms with Crippen molar-refractivity contribution < 1.29 is 37.1 Å². The number of amides is 4. The fourth-order valence-corrected chi connectivity index (χ4v) is 10.3. The Labute approximate surface area is 322 Å². The molecule has 2 bridgehead atoms. The van der Waals surface area contributed by atoms with Crippen LogP contribution in [0.3, 0.4) is 0 Å². The van der Waals surface area contributed by atoms with Gasteiger partial charge in [0, 0.05) is 18.3 Å². The van der Waals surface area contributed by atoms with Crippen molar-refractivity contribution >= 4 is 44.9 Å². The molecule has 1 aromatic heterocycles. The number of aromatic nitrogens is 2. The molecule has 2 aromatic rings. The lowest BCUT2D eigenvalue weighted by Gasteiger charge is -2.32. The first-order valence-corrected chi connectivity index (χ1v) is 21.5. The van der Waals surface area contributed by atoms with Crippen LogP contribution in [0.25, 0.3) is 11.0 Å². The number of carbonyl (C=O) groups excluding carboxylic acids is 4. The number of fused-ring (bicyclic) bond motifs is 5. The number of carbonyl (C=O) groups is 4. The molecular weight excluding hydrogens is 725 g/mol. The van der Waals surface area contributed by atoms with Crippen LogP contribution >= 0.6 is 0 Å². The lowest BCUT2D eigenvalue weighted by molar-refractivity contribution is -0.142. The Morgan fingerprint density at radius 1 is 1.00 bits per heavy atom. The quantitative estimate of drug-likeness (QED) is 0.344. The fraction of sp³-hybridized carbons (Fsp3) is 0.650. The minimum atomic E-state index is -3.98. The minimum absolute atomic E-state index is 0.0153. The number of hydrogen-bond acceptors (Lipinski definition) is 10. The van der Waals surface area contributed by atoms with Gasteiger partial charge in [-0.05, 0) is 89.7 Å². The number of hydrogen-bond donors (Lipinski definition) is 3. The third-order valence-corrected chi connectivity index (χ3v) is 15.3. The summed E-state index contributed by atoms with van der Waals surface area (Å²) in [6, 6.07) is 5.52. The first-order chi connectivity index (χ1) is 26.2. The van der Waals surface area contributed by atoms with Gasteiger partial charge in [0.15, 0.2) is 0 Å². The van der Waals surface area contributed by atoms with Crippen LogP contribution in [0.2, 0.25) is 0 Å². The van der Waals surface area contributed by atoms with Crippen LogP contribution in [0, 0.1) is 17.8 Å². The second-order valence-electron chi connectivity index (χ2n) is 17.2. The molecule has 2 aliphatic heterocycles. The fourth-order valence-electron chi connectivity index (χ4n) is 8.97. The Kier molecular flexibility index (Phi) is 9.61. The zero-order valence-electron chi connectivity index (χ0n) is 31.7. The summed E-state index contributed by atoms with van der Waals surface area (Å²) < 4.78 is 39.9. The molecule has 4 aliphatic carbocycles. The van der Waals surface area contributed by atoms with Crippen LogP contribution in [0.1, 0.15) is 103 Å². The Balaban J connectivity index is 1.11.